The van der Waals surface area contributed by atoms with Crippen LogP contribution < -0.4 is 10.6 Å². The average Bonchev–Trinajstić information content (AvgIpc) is 2.60. The van der Waals surface area contributed by atoms with Crippen LogP contribution in [0.25, 0.3) is 0 Å². The molecule has 4 heteroatoms. The molecule has 0 amide bonds. The SMILES string of the molecule is CCC1CN=C(N)N1c1ccccc1Br. The molecule has 0 bridgehead atoms. The summed E-state index contributed by atoms with van der Waals surface area (Å²) in [5, 5.41) is 0. The van der Waals surface area contributed by atoms with Crippen LogP contribution >= 0.6 is 15.9 Å². The summed E-state index contributed by atoms with van der Waals surface area (Å²) in [6.07, 6.45) is 1.05. The number of guanidine groups is 1. The predicted octanol–water partition coefficient (Wildman–Crippen LogP) is 2.36. The number of aliphatic imine (C=N–C) groups is 1. The van der Waals surface area contributed by atoms with Gasteiger partial charge in [-0.15, -0.1) is 0 Å². The molecule has 1 aromatic rings. The second-order valence-electron chi connectivity index (χ2n) is 3.58. The zero-order chi connectivity index (χ0) is 10.8. The van der Waals surface area contributed by atoms with E-state index < -0.39 is 0 Å². The summed E-state index contributed by atoms with van der Waals surface area (Å²) < 4.78 is 1.06. The van der Waals surface area contributed by atoms with Gasteiger partial charge in [-0.05, 0) is 34.5 Å². The van der Waals surface area contributed by atoms with E-state index in [2.05, 4.69) is 38.8 Å². The van der Waals surface area contributed by atoms with E-state index in [4.69, 9.17) is 5.73 Å². The minimum atomic E-state index is 0.392. The highest BCUT2D eigenvalue weighted by Crippen LogP contribution is 2.29. The maximum atomic E-state index is 5.90. The van der Waals surface area contributed by atoms with Crippen molar-refractivity contribution in [3.8, 4) is 0 Å². The van der Waals surface area contributed by atoms with Crippen LogP contribution in [-0.4, -0.2) is 18.5 Å². The van der Waals surface area contributed by atoms with Gasteiger partial charge in [0.15, 0.2) is 5.96 Å². The molecule has 1 atom stereocenters. The zero-order valence-corrected chi connectivity index (χ0v) is 10.2. The Labute approximate surface area is 98.1 Å². The lowest BCUT2D eigenvalue weighted by atomic mass is 10.2. The molecular weight excluding hydrogens is 254 g/mol. The molecule has 0 aromatic heterocycles. The van der Waals surface area contributed by atoms with E-state index in [0.29, 0.717) is 12.0 Å². The molecular formula is C11H14BrN3. The average molecular weight is 268 g/mol. The van der Waals surface area contributed by atoms with Gasteiger partial charge >= 0.3 is 0 Å². The number of hydrogen-bond donors (Lipinski definition) is 1. The van der Waals surface area contributed by atoms with Gasteiger partial charge < -0.3 is 10.6 Å². The van der Waals surface area contributed by atoms with Gasteiger partial charge in [0.1, 0.15) is 0 Å². The lowest BCUT2D eigenvalue weighted by Crippen LogP contribution is -2.40. The maximum absolute atomic E-state index is 5.90. The zero-order valence-electron chi connectivity index (χ0n) is 8.65. The van der Waals surface area contributed by atoms with Crippen LogP contribution in [0, 0.1) is 0 Å². The molecule has 1 heterocycles. The third-order valence-corrected chi connectivity index (χ3v) is 3.33. The molecule has 0 aliphatic carbocycles. The van der Waals surface area contributed by atoms with Gasteiger partial charge in [-0.25, -0.2) is 0 Å². The molecule has 3 nitrogen and oxygen atoms in total. The lowest BCUT2D eigenvalue weighted by molar-refractivity contribution is 0.684. The Hall–Kier alpha value is -1.03. The van der Waals surface area contributed by atoms with Crippen molar-refractivity contribution in [1.82, 2.24) is 0 Å². The summed E-state index contributed by atoms with van der Waals surface area (Å²) in [5.74, 6) is 0.619. The van der Waals surface area contributed by atoms with Crippen molar-refractivity contribution in [2.24, 2.45) is 10.7 Å². The molecule has 0 fully saturated rings. The first kappa shape index (κ1) is 10.5. The fraction of sp³-hybridized carbons (Fsp3) is 0.364. The van der Waals surface area contributed by atoms with Gasteiger partial charge in [-0.3, -0.25) is 4.99 Å². The highest BCUT2D eigenvalue weighted by molar-refractivity contribution is 9.10. The summed E-state index contributed by atoms with van der Waals surface area (Å²) >= 11 is 3.54. The molecule has 0 radical (unpaired) electrons. The second-order valence-corrected chi connectivity index (χ2v) is 4.44. The first-order valence-corrected chi connectivity index (χ1v) is 5.87. The number of nitrogens with zero attached hydrogens (tertiary/aromatic N) is 2. The largest absolute Gasteiger partial charge is 0.370 e. The minimum absolute atomic E-state index is 0.392. The van der Waals surface area contributed by atoms with E-state index in [-0.39, 0.29) is 0 Å². The quantitative estimate of drug-likeness (QED) is 0.894. The van der Waals surface area contributed by atoms with Crippen LogP contribution in [0.2, 0.25) is 0 Å². The second kappa shape index (κ2) is 4.23. The highest BCUT2D eigenvalue weighted by atomic mass is 79.9. The Morgan fingerprint density at radius 3 is 2.93 bits per heavy atom. The number of halogens is 1. The first-order chi connectivity index (χ1) is 7.24. The monoisotopic (exact) mass is 267 g/mol. The van der Waals surface area contributed by atoms with Crippen molar-refractivity contribution >= 4 is 27.6 Å². The number of nitrogens with two attached hydrogens (primary N) is 1. The Morgan fingerprint density at radius 1 is 1.53 bits per heavy atom. The van der Waals surface area contributed by atoms with Crippen molar-refractivity contribution < 1.29 is 0 Å². The minimum Gasteiger partial charge on any atom is -0.370 e. The summed E-state index contributed by atoms with van der Waals surface area (Å²) in [7, 11) is 0. The number of para-hydroxylation sites is 1. The summed E-state index contributed by atoms with van der Waals surface area (Å²) in [6.45, 7) is 2.95. The summed E-state index contributed by atoms with van der Waals surface area (Å²) in [4.78, 5) is 6.39. The molecule has 1 aliphatic heterocycles. The Balaban J connectivity index is 2.37. The smallest absolute Gasteiger partial charge is 0.196 e. The van der Waals surface area contributed by atoms with E-state index in [1.807, 2.05) is 18.2 Å². The molecule has 80 valence electrons. The molecule has 0 spiro atoms. The van der Waals surface area contributed by atoms with Crippen LogP contribution in [0.15, 0.2) is 33.7 Å². The Morgan fingerprint density at radius 2 is 2.27 bits per heavy atom. The fourth-order valence-corrected chi connectivity index (χ4v) is 2.30. The predicted molar refractivity (Wildman–Crippen MR) is 67.2 cm³/mol. The number of benzene rings is 1. The van der Waals surface area contributed by atoms with Crippen molar-refractivity contribution in [3.63, 3.8) is 0 Å². The summed E-state index contributed by atoms with van der Waals surface area (Å²) in [6, 6.07) is 8.48. The molecule has 2 rings (SSSR count). The molecule has 15 heavy (non-hydrogen) atoms. The van der Waals surface area contributed by atoms with Crippen molar-refractivity contribution in [1.29, 1.82) is 0 Å². The van der Waals surface area contributed by atoms with E-state index in [1.54, 1.807) is 0 Å². The standard InChI is InChI=1S/C11H14BrN3/c1-2-8-7-14-11(13)15(8)10-6-4-3-5-9(10)12/h3-6,8H,2,7H2,1H3,(H2,13,14). The van der Waals surface area contributed by atoms with Gasteiger partial charge in [0.05, 0.1) is 18.3 Å². The Kier molecular flexibility index (Phi) is 2.95. The van der Waals surface area contributed by atoms with E-state index in [0.717, 1.165) is 23.1 Å². The molecule has 1 unspecified atom stereocenters. The van der Waals surface area contributed by atoms with Gasteiger partial charge in [-0.2, -0.15) is 0 Å². The van der Waals surface area contributed by atoms with Crippen LogP contribution in [0.4, 0.5) is 5.69 Å². The number of anilines is 1. The third kappa shape index (κ3) is 1.86. The van der Waals surface area contributed by atoms with E-state index >= 15 is 0 Å². The molecule has 0 saturated heterocycles. The van der Waals surface area contributed by atoms with Gasteiger partial charge in [0.25, 0.3) is 0 Å². The van der Waals surface area contributed by atoms with Crippen LogP contribution in [-0.2, 0) is 0 Å². The van der Waals surface area contributed by atoms with Crippen molar-refractivity contribution in [3.05, 3.63) is 28.7 Å². The van der Waals surface area contributed by atoms with Gasteiger partial charge in [0.2, 0.25) is 0 Å². The van der Waals surface area contributed by atoms with Crippen molar-refractivity contribution in [2.75, 3.05) is 11.4 Å². The number of rotatable bonds is 2. The summed E-state index contributed by atoms with van der Waals surface area (Å²) in [5.41, 5.74) is 7.00. The molecule has 1 aromatic carbocycles. The number of hydrogen-bond acceptors (Lipinski definition) is 3. The van der Waals surface area contributed by atoms with E-state index in [9.17, 15) is 0 Å². The highest BCUT2D eigenvalue weighted by Gasteiger charge is 2.26. The van der Waals surface area contributed by atoms with Crippen molar-refractivity contribution in [2.45, 2.75) is 19.4 Å². The third-order valence-electron chi connectivity index (χ3n) is 2.66. The maximum Gasteiger partial charge on any atom is 0.196 e. The van der Waals surface area contributed by atoms with Crippen LogP contribution in [0.5, 0.6) is 0 Å². The van der Waals surface area contributed by atoms with Gasteiger partial charge in [-0.1, -0.05) is 19.1 Å². The van der Waals surface area contributed by atoms with E-state index in [1.165, 1.54) is 0 Å². The topological polar surface area (TPSA) is 41.6 Å². The molecule has 2 N–H and O–H groups in total. The molecule has 1 aliphatic rings. The molecule has 0 saturated carbocycles. The Bertz CT molecular complexity index is 389. The normalized spacial score (nSPS) is 20.5. The van der Waals surface area contributed by atoms with Crippen LogP contribution in [0.3, 0.4) is 0 Å². The van der Waals surface area contributed by atoms with Gasteiger partial charge in [0, 0.05) is 4.47 Å². The fourth-order valence-electron chi connectivity index (χ4n) is 1.82. The van der Waals surface area contributed by atoms with Crippen LogP contribution in [0.1, 0.15) is 13.3 Å². The lowest BCUT2D eigenvalue weighted by Gasteiger charge is -2.26. The first-order valence-electron chi connectivity index (χ1n) is 5.07.